The number of benzene rings is 2. The van der Waals surface area contributed by atoms with Gasteiger partial charge in [0.2, 0.25) is 11.8 Å². The fourth-order valence-corrected chi connectivity index (χ4v) is 6.30. The molecule has 5 rings (SSSR count). The van der Waals surface area contributed by atoms with E-state index in [1.165, 1.54) is 0 Å². The fraction of sp³-hybridized carbons (Fsp3) is 0.471. The number of aliphatic hydroxyl groups is 1. The average molecular weight is 603 g/mol. The Labute approximate surface area is 257 Å². The van der Waals surface area contributed by atoms with Gasteiger partial charge in [-0.25, -0.2) is 0 Å². The molecule has 1 saturated heterocycles. The van der Waals surface area contributed by atoms with E-state index in [0.29, 0.717) is 25.0 Å². The van der Waals surface area contributed by atoms with E-state index in [-0.39, 0.29) is 30.6 Å². The van der Waals surface area contributed by atoms with E-state index in [4.69, 9.17) is 4.42 Å². The van der Waals surface area contributed by atoms with E-state index in [2.05, 4.69) is 21.3 Å². The number of nitrogens with one attached hydrogen (secondary N) is 4. The van der Waals surface area contributed by atoms with Crippen LogP contribution in [0.4, 0.5) is 0 Å². The third kappa shape index (κ3) is 8.25. The number of furan rings is 1. The Balaban J connectivity index is 1.32. The molecular weight excluding hydrogens is 560 g/mol. The van der Waals surface area contributed by atoms with E-state index in [0.717, 1.165) is 49.5 Å². The van der Waals surface area contributed by atoms with Crippen LogP contribution in [0.5, 0.6) is 0 Å². The van der Waals surface area contributed by atoms with Gasteiger partial charge in [-0.3, -0.25) is 19.2 Å². The Kier molecular flexibility index (Phi) is 10.7. The summed E-state index contributed by atoms with van der Waals surface area (Å²) in [5.41, 5.74) is 1.43. The van der Waals surface area contributed by atoms with Gasteiger partial charge in [0.25, 0.3) is 11.8 Å². The highest BCUT2D eigenvalue weighted by atomic mass is 16.3. The number of carbonyl (C=O) groups is 4. The third-order valence-corrected chi connectivity index (χ3v) is 8.79. The molecule has 3 aromatic rings. The van der Waals surface area contributed by atoms with Gasteiger partial charge in [0.15, 0.2) is 11.9 Å². The minimum absolute atomic E-state index is 0.0885. The second-order valence-corrected chi connectivity index (χ2v) is 12.0. The van der Waals surface area contributed by atoms with Gasteiger partial charge in [-0.05, 0) is 49.3 Å². The van der Waals surface area contributed by atoms with Crippen molar-refractivity contribution in [3.05, 3.63) is 72.0 Å². The molecule has 234 valence electrons. The van der Waals surface area contributed by atoms with Crippen LogP contribution in [0.1, 0.15) is 73.9 Å². The zero-order valence-electron chi connectivity index (χ0n) is 24.9. The second kappa shape index (κ2) is 15.0. The van der Waals surface area contributed by atoms with Crippen molar-refractivity contribution in [3.63, 3.8) is 0 Å². The molecule has 1 aliphatic heterocycles. The molecule has 0 spiro atoms. The number of carbonyl (C=O) groups excluding carboxylic acids is 4. The van der Waals surface area contributed by atoms with Gasteiger partial charge < -0.3 is 30.8 Å². The van der Waals surface area contributed by atoms with Crippen molar-refractivity contribution >= 4 is 34.6 Å². The maximum Gasteiger partial charge on any atom is 0.287 e. The molecule has 1 aliphatic carbocycles. The predicted octanol–water partition coefficient (Wildman–Crippen LogP) is 3.58. The topological polar surface area (TPSA) is 150 Å². The molecule has 10 nitrogen and oxygen atoms in total. The van der Waals surface area contributed by atoms with Gasteiger partial charge >= 0.3 is 0 Å². The Bertz CT molecular complexity index is 1400. The number of aliphatic hydroxyl groups excluding tert-OH is 1. The van der Waals surface area contributed by atoms with Crippen LogP contribution in [0.25, 0.3) is 11.0 Å². The Morgan fingerprint density at radius 1 is 0.886 bits per heavy atom. The van der Waals surface area contributed by atoms with E-state index >= 15 is 0 Å². The van der Waals surface area contributed by atoms with Gasteiger partial charge in [0, 0.05) is 24.4 Å². The standard InChI is InChI=1S/C34H42N4O6/c39-30(34(43)36-21-23-12-5-2-6-13-23)26(19-25-15-9-17-35-31(25)40)37-32(41)27(18-22-10-3-1-4-11-22)38-33(42)29-20-24-14-7-8-16-28(24)44-29/h2,5-8,12-14,16,20,22,25-27,30,39H,1,3-4,9-11,15,17-19,21H2,(H,35,40)(H,36,43)(H,37,41)(H,38,42)/t25-,26-,27-,30-/m0/s1. The minimum Gasteiger partial charge on any atom is -0.451 e. The number of hydrogen-bond donors (Lipinski definition) is 5. The van der Waals surface area contributed by atoms with Gasteiger partial charge in [-0.1, -0.05) is 80.6 Å². The van der Waals surface area contributed by atoms with Gasteiger partial charge in [-0.15, -0.1) is 0 Å². The molecule has 1 saturated carbocycles. The van der Waals surface area contributed by atoms with Crippen LogP contribution >= 0.6 is 0 Å². The van der Waals surface area contributed by atoms with E-state index < -0.39 is 41.8 Å². The molecule has 2 aliphatic rings. The van der Waals surface area contributed by atoms with Gasteiger partial charge in [-0.2, -0.15) is 0 Å². The van der Waals surface area contributed by atoms with Crippen molar-refractivity contribution < 1.29 is 28.7 Å². The molecule has 10 heteroatoms. The van der Waals surface area contributed by atoms with Crippen LogP contribution < -0.4 is 21.3 Å². The number of amides is 4. The lowest BCUT2D eigenvalue weighted by Crippen LogP contribution is -2.57. The molecule has 4 atom stereocenters. The Hall–Kier alpha value is -4.18. The molecule has 4 amide bonds. The highest BCUT2D eigenvalue weighted by molar-refractivity contribution is 5.98. The SMILES string of the molecule is O=C(N[C@@H](CC1CCCCC1)C(=O)N[C@@H](C[C@@H]1CCCNC1=O)[C@H](O)C(=O)NCc1ccccc1)c1cc2ccccc2o1. The van der Waals surface area contributed by atoms with Gasteiger partial charge in [0.1, 0.15) is 11.6 Å². The van der Waals surface area contributed by atoms with Crippen molar-refractivity contribution in [2.45, 2.75) is 82.5 Å². The van der Waals surface area contributed by atoms with Crippen LogP contribution in [0.3, 0.4) is 0 Å². The van der Waals surface area contributed by atoms with Crippen LogP contribution in [0.15, 0.2) is 65.1 Å². The number of hydrogen-bond acceptors (Lipinski definition) is 6. The number of fused-ring (bicyclic) bond motifs is 1. The molecule has 0 unspecified atom stereocenters. The summed E-state index contributed by atoms with van der Waals surface area (Å²) in [5.74, 6) is -1.94. The zero-order valence-corrected chi connectivity index (χ0v) is 24.9. The van der Waals surface area contributed by atoms with Crippen LogP contribution in [-0.4, -0.2) is 53.5 Å². The Morgan fingerprint density at radius 2 is 1.64 bits per heavy atom. The van der Waals surface area contributed by atoms with Crippen molar-refractivity contribution in [1.29, 1.82) is 0 Å². The molecule has 2 fully saturated rings. The number of rotatable bonds is 12. The minimum atomic E-state index is -1.60. The predicted molar refractivity (Wildman–Crippen MR) is 165 cm³/mol. The maximum atomic E-state index is 13.9. The largest absolute Gasteiger partial charge is 0.451 e. The highest BCUT2D eigenvalue weighted by Crippen LogP contribution is 2.28. The van der Waals surface area contributed by atoms with Crippen molar-refractivity contribution in [2.24, 2.45) is 11.8 Å². The lowest BCUT2D eigenvalue weighted by atomic mass is 9.84. The monoisotopic (exact) mass is 602 g/mol. The molecule has 2 heterocycles. The van der Waals surface area contributed by atoms with Gasteiger partial charge in [0.05, 0.1) is 6.04 Å². The van der Waals surface area contributed by atoms with Crippen LogP contribution in [-0.2, 0) is 20.9 Å². The third-order valence-electron chi connectivity index (χ3n) is 8.79. The summed E-state index contributed by atoms with van der Waals surface area (Å²) in [5, 5.41) is 23.3. The summed E-state index contributed by atoms with van der Waals surface area (Å²) in [7, 11) is 0. The summed E-state index contributed by atoms with van der Waals surface area (Å²) in [6, 6.07) is 16.3. The smallest absolute Gasteiger partial charge is 0.287 e. The van der Waals surface area contributed by atoms with Crippen LogP contribution in [0.2, 0.25) is 0 Å². The van der Waals surface area contributed by atoms with Crippen LogP contribution in [0, 0.1) is 11.8 Å². The normalized spacial score (nSPS) is 19.4. The number of piperidine rings is 1. The first-order chi connectivity index (χ1) is 21.4. The van der Waals surface area contributed by atoms with E-state index in [1.807, 2.05) is 48.5 Å². The zero-order chi connectivity index (χ0) is 30.9. The summed E-state index contributed by atoms with van der Waals surface area (Å²) in [6.45, 7) is 0.781. The quantitative estimate of drug-likeness (QED) is 0.214. The molecule has 0 bridgehead atoms. The molecule has 44 heavy (non-hydrogen) atoms. The lowest BCUT2D eigenvalue weighted by molar-refractivity contribution is -0.135. The summed E-state index contributed by atoms with van der Waals surface area (Å²) < 4.78 is 5.75. The Morgan fingerprint density at radius 3 is 2.39 bits per heavy atom. The van der Waals surface area contributed by atoms with Crippen molar-refractivity contribution in [2.75, 3.05) is 6.54 Å². The molecule has 5 N–H and O–H groups in total. The summed E-state index contributed by atoms with van der Waals surface area (Å²) in [6.07, 6.45) is 5.47. The molecule has 2 aromatic carbocycles. The summed E-state index contributed by atoms with van der Waals surface area (Å²) in [4.78, 5) is 52.9. The van der Waals surface area contributed by atoms with Crippen molar-refractivity contribution in [3.8, 4) is 0 Å². The maximum absolute atomic E-state index is 13.9. The summed E-state index contributed by atoms with van der Waals surface area (Å²) >= 11 is 0. The van der Waals surface area contributed by atoms with Crippen molar-refractivity contribution in [1.82, 2.24) is 21.3 Å². The number of para-hydroxylation sites is 1. The molecule has 0 radical (unpaired) electrons. The van der Waals surface area contributed by atoms with E-state index in [9.17, 15) is 24.3 Å². The van der Waals surface area contributed by atoms with E-state index in [1.54, 1.807) is 12.1 Å². The second-order valence-electron chi connectivity index (χ2n) is 12.0. The first-order valence-corrected chi connectivity index (χ1v) is 15.7. The average Bonchev–Trinajstić information content (AvgIpc) is 3.49. The first kappa shape index (κ1) is 31.3. The highest BCUT2D eigenvalue weighted by Gasteiger charge is 2.36. The molecular formula is C34H42N4O6. The molecule has 1 aromatic heterocycles. The first-order valence-electron chi connectivity index (χ1n) is 15.7. The fourth-order valence-electron chi connectivity index (χ4n) is 6.30. The lowest BCUT2D eigenvalue weighted by Gasteiger charge is -2.31.